The zero-order valence-corrected chi connectivity index (χ0v) is 7.90. The predicted octanol–water partition coefficient (Wildman–Crippen LogP) is 1.32. The standard InChI is InChI=1S/C11H16O2/c1-11(9-13,7-8-12)10-5-3-2-4-6-10/h2-6,12-13H,7-9H2,1H3. The Kier molecular flexibility index (Phi) is 3.46. The Morgan fingerprint density at radius 2 is 1.77 bits per heavy atom. The molecule has 0 aromatic heterocycles. The van der Waals surface area contributed by atoms with Crippen molar-refractivity contribution in [2.45, 2.75) is 18.8 Å². The van der Waals surface area contributed by atoms with E-state index in [4.69, 9.17) is 5.11 Å². The largest absolute Gasteiger partial charge is 0.396 e. The number of benzene rings is 1. The quantitative estimate of drug-likeness (QED) is 0.733. The Hall–Kier alpha value is -0.860. The minimum Gasteiger partial charge on any atom is -0.396 e. The lowest BCUT2D eigenvalue weighted by atomic mass is 9.81. The van der Waals surface area contributed by atoms with Crippen LogP contribution in [0, 0.1) is 0 Å². The molecule has 2 nitrogen and oxygen atoms in total. The second-order valence-electron chi connectivity index (χ2n) is 3.56. The number of hydrogen-bond acceptors (Lipinski definition) is 2. The average molecular weight is 180 g/mol. The van der Waals surface area contributed by atoms with Gasteiger partial charge in [-0.05, 0) is 12.0 Å². The summed E-state index contributed by atoms with van der Waals surface area (Å²) in [6.45, 7) is 2.13. The van der Waals surface area contributed by atoms with Gasteiger partial charge in [0.15, 0.2) is 0 Å². The van der Waals surface area contributed by atoms with Crippen LogP contribution in [-0.2, 0) is 5.41 Å². The third-order valence-electron chi connectivity index (χ3n) is 2.48. The van der Waals surface area contributed by atoms with E-state index < -0.39 is 0 Å². The molecule has 2 N–H and O–H groups in total. The Balaban J connectivity index is 2.89. The first-order valence-electron chi connectivity index (χ1n) is 4.50. The lowest BCUT2D eigenvalue weighted by Gasteiger charge is -2.26. The third kappa shape index (κ3) is 2.29. The Morgan fingerprint density at radius 3 is 2.23 bits per heavy atom. The SMILES string of the molecule is CC(CO)(CCO)c1ccccc1. The summed E-state index contributed by atoms with van der Waals surface area (Å²) < 4.78 is 0. The van der Waals surface area contributed by atoms with E-state index >= 15 is 0 Å². The van der Waals surface area contributed by atoms with Crippen molar-refractivity contribution < 1.29 is 10.2 Å². The van der Waals surface area contributed by atoms with E-state index in [-0.39, 0.29) is 18.6 Å². The average Bonchev–Trinajstić information content (AvgIpc) is 2.19. The molecule has 0 amide bonds. The second-order valence-corrected chi connectivity index (χ2v) is 3.56. The van der Waals surface area contributed by atoms with Gasteiger partial charge in [-0.3, -0.25) is 0 Å². The first-order chi connectivity index (χ1) is 6.23. The summed E-state index contributed by atoms with van der Waals surface area (Å²) in [5.74, 6) is 0. The molecule has 0 radical (unpaired) electrons. The van der Waals surface area contributed by atoms with Gasteiger partial charge in [0.1, 0.15) is 0 Å². The van der Waals surface area contributed by atoms with Gasteiger partial charge in [0.2, 0.25) is 0 Å². The summed E-state index contributed by atoms with van der Waals surface area (Å²) in [6.07, 6.45) is 0.591. The maximum atomic E-state index is 9.26. The van der Waals surface area contributed by atoms with E-state index in [0.717, 1.165) is 5.56 Å². The molecule has 1 unspecified atom stereocenters. The summed E-state index contributed by atoms with van der Waals surface area (Å²) in [5.41, 5.74) is 0.766. The molecule has 1 aromatic carbocycles. The van der Waals surface area contributed by atoms with Crippen LogP contribution >= 0.6 is 0 Å². The number of aliphatic hydroxyl groups is 2. The highest BCUT2D eigenvalue weighted by Gasteiger charge is 2.24. The van der Waals surface area contributed by atoms with Crippen LogP contribution in [0.4, 0.5) is 0 Å². The highest BCUT2D eigenvalue weighted by Crippen LogP contribution is 2.26. The van der Waals surface area contributed by atoms with E-state index in [0.29, 0.717) is 6.42 Å². The molecule has 1 rings (SSSR count). The van der Waals surface area contributed by atoms with Crippen molar-refractivity contribution in [1.29, 1.82) is 0 Å². The van der Waals surface area contributed by atoms with Crippen LogP contribution in [0.1, 0.15) is 18.9 Å². The summed E-state index contributed by atoms with van der Waals surface area (Å²) in [4.78, 5) is 0. The van der Waals surface area contributed by atoms with Crippen LogP contribution in [0.5, 0.6) is 0 Å². The molecule has 0 fully saturated rings. The zero-order valence-electron chi connectivity index (χ0n) is 7.90. The topological polar surface area (TPSA) is 40.5 Å². The van der Waals surface area contributed by atoms with Crippen molar-refractivity contribution in [1.82, 2.24) is 0 Å². The van der Waals surface area contributed by atoms with Crippen molar-refractivity contribution in [3.05, 3.63) is 35.9 Å². The van der Waals surface area contributed by atoms with Crippen molar-refractivity contribution in [3.8, 4) is 0 Å². The maximum absolute atomic E-state index is 9.26. The van der Waals surface area contributed by atoms with Crippen LogP contribution in [0.15, 0.2) is 30.3 Å². The lowest BCUT2D eigenvalue weighted by Crippen LogP contribution is -2.27. The summed E-state index contributed by atoms with van der Waals surface area (Å²) in [7, 11) is 0. The monoisotopic (exact) mass is 180 g/mol. The maximum Gasteiger partial charge on any atom is 0.0526 e. The molecule has 0 spiro atoms. The zero-order chi connectivity index (χ0) is 9.73. The van der Waals surface area contributed by atoms with E-state index in [9.17, 15) is 5.11 Å². The molecule has 1 aromatic rings. The molecule has 72 valence electrons. The van der Waals surface area contributed by atoms with Gasteiger partial charge in [-0.1, -0.05) is 37.3 Å². The van der Waals surface area contributed by atoms with Gasteiger partial charge in [-0.25, -0.2) is 0 Å². The molecule has 2 heteroatoms. The van der Waals surface area contributed by atoms with Crippen molar-refractivity contribution in [2.75, 3.05) is 13.2 Å². The van der Waals surface area contributed by atoms with E-state index in [1.165, 1.54) is 0 Å². The van der Waals surface area contributed by atoms with Gasteiger partial charge < -0.3 is 10.2 Å². The van der Waals surface area contributed by atoms with Gasteiger partial charge in [0.25, 0.3) is 0 Å². The third-order valence-corrected chi connectivity index (χ3v) is 2.48. The van der Waals surface area contributed by atoms with Gasteiger partial charge in [-0.2, -0.15) is 0 Å². The van der Waals surface area contributed by atoms with Crippen molar-refractivity contribution >= 4 is 0 Å². The van der Waals surface area contributed by atoms with E-state index in [2.05, 4.69) is 0 Å². The van der Waals surface area contributed by atoms with E-state index in [1.807, 2.05) is 37.3 Å². The van der Waals surface area contributed by atoms with Gasteiger partial charge >= 0.3 is 0 Å². The highest BCUT2D eigenvalue weighted by molar-refractivity contribution is 5.24. The van der Waals surface area contributed by atoms with Crippen LogP contribution in [0.3, 0.4) is 0 Å². The Labute approximate surface area is 78.8 Å². The molecular formula is C11H16O2. The molecule has 0 heterocycles. The number of rotatable bonds is 4. The van der Waals surface area contributed by atoms with Crippen molar-refractivity contribution in [3.63, 3.8) is 0 Å². The fourth-order valence-electron chi connectivity index (χ4n) is 1.40. The molecule has 0 saturated heterocycles. The minimum atomic E-state index is -0.310. The summed E-state index contributed by atoms with van der Waals surface area (Å²) in [5, 5.41) is 18.1. The van der Waals surface area contributed by atoms with Crippen LogP contribution in [0.2, 0.25) is 0 Å². The number of hydrogen-bond donors (Lipinski definition) is 2. The number of aliphatic hydroxyl groups excluding tert-OH is 2. The van der Waals surface area contributed by atoms with Crippen molar-refractivity contribution in [2.24, 2.45) is 0 Å². The molecule has 0 aliphatic rings. The fraction of sp³-hybridized carbons (Fsp3) is 0.455. The molecule has 13 heavy (non-hydrogen) atoms. The molecule has 0 aliphatic heterocycles. The highest BCUT2D eigenvalue weighted by atomic mass is 16.3. The summed E-state index contributed by atoms with van der Waals surface area (Å²) in [6, 6.07) is 9.79. The lowest BCUT2D eigenvalue weighted by molar-refractivity contribution is 0.164. The van der Waals surface area contributed by atoms with Crippen LogP contribution in [0.25, 0.3) is 0 Å². The van der Waals surface area contributed by atoms with Crippen LogP contribution < -0.4 is 0 Å². The first-order valence-corrected chi connectivity index (χ1v) is 4.50. The molecule has 0 saturated carbocycles. The van der Waals surface area contributed by atoms with Gasteiger partial charge in [0.05, 0.1) is 6.61 Å². The second kappa shape index (κ2) is 4.40. The molecule has 0 bridgehead atoms. The normalized spacial score (nSPS) is 15.3. The van der Waals surface area contributed by atoms with E-state index in [1.54, 1.807) is 0 Å². The fourth-order valence-corrected chi connectivity index (χ4v) is 1.40. The van der Waals surface area contributed by atoms with Crippen LogP contribution in [-0.4, -0.2) is 23.4 Å². The molecule has 1 atom stereocenters. The smallest absolute Gasteiger partial charge is 0.0526 e. The molecular weight excluding hydrogens is 164 g/mol. The van der Waals surface area contributed by atoms with Gasteiger partial charge in [-0.15, -0.1) is 0 Å². The predicted molar refractivity (Wildman–Crippen MR) is 52.6 cm³/mol. The Morgan fingerprint density at radius 1 is 1.15 bits per heavy atom. The molecule has 0 aliphatic carbocycles. The Bertz CT molecular complexity index is 246. The minimum absolute atomic E-state index is 0.0670. The van der Waals surface area contributed by atoms with Gasteiger partial charge in [0, 0.05) is 12.0 Å². The first kappa shape index (κ1) is 10.2. The summed E-state index contributed by atoms with van der Waals surface area (Å²) >= 11 is 0.